The standard InChI is InChI=1S/C16H18N2OS/c1-20-15-9-5-8-14(12-15)18-16(19)17-11-10-13-6-3-2-4-7-13/h2-9,12H,10-11H2,1H3,(H2,17,18,19). The van der Waals surface area contributed by atoms with Crippen molar-refractivity contribution < 1.29 is 4.79 Å². The van der Waals surface area contributed by atoms with E-state index in [9.17, 15) is 4.79 Å². The summed E-state index contributed by atoms with van der Waals surface area (Å²) < 4.78 is 0. The number of carbonyl (C=O) groups is 1. The molecule has 2 rings (SSSR count). The van der Waals surface area contributed by atoms with E-state index >= 15 is 0 Å². The van der Waals surface area contributed by atoms with Crippen LogP contribution in [0.4, 0.5) is 10.5 Å². The molecule has 0 atom stereocenters. The number of benzene rings is 2. The van der Waals surface area contributed by atoms with Gasteiger partial charge in [-0.25, -0.2) is 4.79 Å². The van der Waals surface area contributed by atoms with Crippen LogP contribution in [-0.2, 0) is 6.42 Å². The van der Waals surface area contributed by atoms with Crippen molar-refractivity contribution >= 4 is 23.5 Å². The minimum Gasteiger partial charge on any atom is -0.338 e. The second kappa shape index (κ2) is 7.60. The smallest absolute Gasteiger partial charge is 0.319 e. The molecule has 20 heavy (non-hydrogen) atoms. The fourth-order valence-electron chi connectivity index (χ4n) is 1.84. The maximum atomic E-state index is 11.8. The summed E-state index contributed by atoms with van der Waals surface area (Å²) in [6, 6.07) is 17.7. The molecule has 104 valence electrons. The van der Waals surface area contributed by atoms with E-state index in [1.807, 2.05) is 48.7 Å². The van der Waals surface area contributed by atoms with Crippen LogP contribution in [-0.4, -0.2) is 18.8 Å². The molecule has 0 radical (unpaired) electrons. The Labute approximate surface area is 123 Å². The second-order valence-corrected chi connectivity index (χ2v) is 5.23. The van der Waals surface area contributed by atoms with E-state index in [0.29, 0.717) is 6.54 Å². The van der Waals surface area contributed by atoms with Crippen LogP contribution in [0, 0.1) is 0 Å². The summed E-state index contributed by atoms with van der Waals surface area (Å²) in [5, 5.41) is 5.70. The molecule has 0 fully saturated rings. The first-order valence-corrected chi connectivity index (χ1v) is 7.73. The summed E-state index contributed by atoms with van der Waals surface area (Å²) >= 11 is 1.65. The van der Waals surface area contributed by atoms with E-state index in [4.69, 9.17) is 0 Å². The van der Waals surface area contributed by atoms with Crippen LogP contribution in [0.3, 0.4) is 0 Å². The van der Waals surface area contributed by atoms with Crippen molar-refractivity contribution in [3.63, 3.8) is 0 Å². The van der Waals surface area contributed by atoms with Gasteiger partial charge < -0.3 is 10.6 Å². The molecule has 0 aliphatic carbocycles. The predicted octanol–water partition coefficient (Wildman–Crippen LogP) is 3.77. The SMILES string of the molecule is CSc1cccc(NC(=O)NCCc2ccccc2)c1. The normalized spacial score (nSPS) is 10.1. The van der Waals surface area contributed by atoms with Gasteiger partial charge in [0.2, 0.25) is 0 Å². The predicted molar refractivity (Wildman–Crippen MR) is 85.4 cm³/mol. The molecule has 2 N–H and O–H groups in total. The topological polar surface area (TPSA) is 41.1 Å². The first-order chi connectivity index (χ1) is 9.78. The zero-order valence-electron chi connectivity index (χ0n) is 11.4. The van der Waals surface area contributed by atoms with Gasteiger partial charge in [0, 0.05) is 17.1 Å². The van der Waals surface area contributed by atoms with Crippen LogP contribution >= 0.6 is 11.8 Å². The lowest BCUT2D eigenvalue weighted by Gasteiger charge is -2.08. The molecule has 0 aromatic heterocycles. The average Bonchev–Trinajstić information content (AvgIpc) is 2.48. The van der Waals surface area contributed by atoms with Crippen LogP contribution < -0.4 is 10.6 Å². The molecule has 0 aliphatic rings. The number of rotatable bonds is 5. The van der Waals surface area contributed by atoms with Crippen LogP contribution in [0.1, 0.15) is 5.56 Å². The van der Waals surface area contributed by atoms with Crippen molar-refractivity contribution in [1.82, 2.24) is 5.32 Å². The number of urea groups is 1. The molecule has 2 aromatic carbocycles. The fraction of sp³-hybridized carbons (Fsp3) is 0.188. The van der Waals surface area contributed by atoms with E-state index in [1.54, 1.807) is 11.8 Å². The van der Waals surface area contributed by atoms with Gasteiger partial charge >= 0.3 is 6.03 Å². The van der Waals surface area contributed by atoms with E-state index in [1.165, 1.54) is 5.56 Å². The minimum absolute atomic E-state index is 0.167. The zero-order chi connectivity index (χ0) is 14.2. The van der Waals surface area contributed by atoms with Gasteiger partial charge in [-0.1, -0.05) is 36.4 Å². The molecule has 3 nitrogen and oxygen atoms in total. The molecule has 2 aromatic rings. The summed E-state index contributed by atoms with van der Waals surface area (Å²) in [7, 11) is 0. The maximum absolute atomic E-state index is 11.8. The molecular weight excluding hydrogens is 268 g/mol. The Balaban J connectivity index is 1.77. The highest BCUT2D eigenvalue weighted by Gasteiger charge is 2.01. The Morgan fingerprint density at radius 3 is 2.65 bits per heavy atom. The van der Waals surface area contributed by atoms with Gasteiger partial charge in [-0.15, -0.1) is 11.8 Å². The van der Waals surface area contributed by atoms with E-state index in [0.717, 1.165) is 17.0 Å². The number of anilines is 1. The molecule has 0 heterocycles. The van der Waals surface area contributed by atoms with E-state index in [-0.39, 0.29) is 6.03 Å². The Kier molecular flexibility index (Phi) is 5.50. The van der Waals surface area contributed by atoms with Gasteiger partial charge in [0.15, 0.2) is 0 Å². The summed E-state index contributed by atoms with van der Waals surface area (Å²) in [4.78, 5) is 12.9. The molecule has 0 aliphatic heterocycles. The number of thioether (sulfide) groups is 1. The zero-order valence-corrected chi connectivity index (χ0v) is 12.2. The van der Waals surface area contributed by atoms with Crippen LogP contribution in [0.2, 0.25) is 0 Å². The van der Waals surface area contributed by atoms with Crippen molar-refractivity contribution in [2.75, 3.05) is 18.1 Å². The third-order valence-electron chi connectivity index (χ3n) is 2.87. The highest BCUT2D eigenvalue weighted by molar-refractivity contribution is 7.98. The summed E-state index contributed by atoms with van der Waals surface area (Å²) in [5.74, 6) is 0. The van der Waals surface area contributed by atoms with Gasteiger partial charge in [-0.2, -0.15) is 0 Å². The number of carbonyl (C=O) groups excluding carboxylic acids is 1. The lowest BCUT2D eigenvalue weighted by atomic mass is 10.1. The van der Waals surface area contributed by atoms with Crippen LogP contribution in [0.5, 0.6) is 0 Å². The minimum atomic E-state index is -0.167. The summed E-state index contributed by atoms with van der Waals surface area (Å²) in [5.41, 5.74) is 2.03. The van der Waals surface area contributed by atoms with Crippen molar-refractivity contribution in [1.29, 1.82) is 0 Å². The molecule has 0 saturated heterocycles. The third-order valence-corrected chi connectivity index (χ3v) is 3.60. The van der Waals surface area contributed by atoms with Gasteiger partial charge in [0.25, 0.3) is 0 Å². The second-order valence-electron chi connectivity index (χ2n) is 4.35. The lowest BCUT2D eigenvalue weighted by molar-refractivity contribution is 0.252. The van der Waals surface area contributed by atoms with Gasteiger partial charge in [0.1, 0.15) is 0 Å². The maximum Gasteiger partial charge on any atom is 0.319 e. The first kappa shape index (κ1) is 14.5. The molecule has 0 spiro atoms. The van der Waals surface area contributed by atoms with Crippen molar-refractivity contribution in [2.24, 2.45) is 0 Å². The van der Waals surface area contributed by atoms with Crippen LogP contribution in [0.25, 0.3) is 0 Å². The number of hydrogen-bond donors (Lipinski definition) is 2. The quantitative estimate of drug-likeness (QED) is 0.821. The number of amides is 2. The Hall–Kier alpha value is -1.94. The van der Waals surface area contributed by atoms with E-state index in [2.05, 4.69) is 22.8 Å². The Bertz CT molecular complexity index is 557. The van der Waals surface area contributed by atoms with Crippen molar-refractivity contribution in [3.05, 3.63) is 60.2 Å². The molecule has 0 unspecified atom stereocenters. The van der Waals surface area contributed by atoms with Gasteiger partial charge in [0.05, 0.1) is 0 Å². The fourth-order valence-corrected chi connectivity index (χ4v) is 2.30. The van der Waals surface area contributed by atoms with E-state index < -0.39 is 0 Å². The summed E-state index contributed by atoms with van der Waals surface area (Å²) in [6.07, 6.45) is 2.85. The molecule has 4 heteroatoms. The van der Waals surface area contributed by atoms with Crippen molar-refractivity contribution in [3.8, 4) is 0 Å². The first-order valence-electron chi connectivity index (χ1n) is 6.51. The molecule has 0 saturated carbocycles. The highest BCUT2D eigenvalue weighted by atomic mass is 32.2. The third kappa shape index (κ3) is 4.63. The van der Waals surface area contributed by atoms with Crippen molar-refractivity contribution in [2.45, 2.75) is 11.3 Å². The Morgan fingerprint density at radius 2 is 1.90 bits per heavy atom. The molecule has 0 bridgehead atoms. The summed E-state index contributed by atoms with van der Waals surface area (Å²) in [6.45, 7) is 0.623. The number of nitrogens with one attached hydrogen (secondary N) is 2. The largest absolute Gasteiger partial charge is 0.338 e. The van der Waals surface area contributed by atoms with Gasteiger partial charge in [-0.3, -0.25) is 0 Å². The monoisotopic (exact) mass is 286 g/mol. The van der Waals surface area contributed by atoms with Gasteiger partial charge in [-0.05, 0) is 36.4 Å². The van der Waals surface area contributed by atoms with Crippen LogP contribution in [0.15, 0.2) is 59.5 Å². The Morgan fingerprint density at radius 1 is 1.10 bits per heavy atom. The molecular formula is C16H18N2OS. The highest BCUT2D eigenvalue weighted by Crippen LogP contribution is 2.18. The molecule has 2 amide bonds. The average molecular weight is 286 g/mol. The number of hydrogen-bond acceptors (Lipinski definition) is 2. The lowest BCUT2D eigenvalue weighted by Crippen LogP contribution is -2.30.